The Morgan fingerprint density at radius 2 is 1.96 bits per heavy atom. The maximum absolute atomic E-state index is 11.3. The van der Waals surface area contributed by atoms with Gasteiger partial charge in [0.05, 0.1) is 11.0 Å². The van der Waals surface area contributed by atoms with E-state index in [4.69, 9.17) is 12.2 Å². The summed E-state index contributed by atoms with van der Waals surface area (Å²) in [6, 6.07) is 18.6. The van der Waals surface area contributed by atoms with Crippen LogP contribution in [0.3, 0.4) is 0 Å². The summed E-state index contributed by atoms with van der Waals surface area (Å²) in [6.45, 7) is 3.56. The van der Waals surface area contributed by atoms with Crippen LogP contribution < -0.4 is 5.32 Å². The summed E-state index contributed by atoms with van der Waals surface area (Å²) in [4.78, 5) is 13.0. The van der Waals surface area contributed by atoms with Crippen molar-refractivity contribution in [3.8, 4) is 0 Å². The van der Waals surface area contributed by atoms with Crippen LogP contribution in [0.2, 0.25) is 0 Å². The lowest BCUT2D eigenvalue weighted by Crippen LogP contribution is -2.44. The molecule has 142 valence electrons. The first-order valence-electron chi connectivity index (χ1n) is 9.07. The molecule has 0 bridgehead atoms. The molecule has 2 aromatic carbocycles. The molecular formula is C21H20N4O2S. The number of nitro groups is 1. The molecule has 1 N–H and O–H groups in total. The van der Waals surface area contributed by atoms with Gasteiger partial charge in [0.25, 0.3) is 5.69 Å². The highest BCUT2D eigenvalue weighted by atomic mass is 32.1. The molecule has 0 unspecified atom stereocenters. The molecule has 1 aromatic heterocycles. The van der Waals surface area contributed by atoms with E-state index in [1.807, 2.05) is 55.6 Å². The van der Waals surface area contributed by atoms with Crippen LogP contribution in [0.4, 0.5) is 11.4 Å². The van der Waals surface area contributed by atoms with Crippen LogP contribution in [0.1, 0.15) is 22.9 Å². The Kier molecular flexibility index (Phi) is 4.83. The SMILES string of the molecule is Cc1ccccc1NC(=S)N1CCn2cccc2[C@@H]1c1cccc([N+](=O)[O-])c1. The number of aryl methyl sites for hydroxylation is 1. The number of thiocarbonyl (C=S) groups is 1. The first-order valence-corrected chi connectivity index (χ1v) is 9.48. The van der Waals surface area contributed by atoms with Gasteiger partial charge in [-0.2, -0.15) is 0 Å². The van der Waals surface area contributed by atoms with Gasteiger partial charge < -0.3 is 14.8 Å². The second-order valence-corrected chi connectivity index (χ2v) is 7.21. The van der Waals surface area contributed by atoms with Gasteiger partial charge in [0.15, 0.2) is 5.11 Å². The van der Waals surface area contributed by atoms with E-state index in [9.17, 15) is 10.1 Å². The number of benzene rings is 2. The van der Waals surface area contributed by atoms with Gasteiger partial charge in [0, 0.05) is 42.8 Å². The smallest absolute Gasteiger partial charge is 0.269 e. The molecular weight excluding hydrogens is 372 g/mol. The van der Waals surface area contributed by atoms with Crippen molar-refractivity contribution in [3.63, 3.8) is 0 Å². The fourth-order valence-corrected chi connectivity index (χ4v) is 3.97. The standard InChI is InChI=1S/C21H20N4O2S/c1-15-6-2-3-9-18(15)22-21(28)24-13-12-23-11-5-10-19(23)20(24)16-7-4-8-17(14-16)25(26)27/h2-11,14,20H,12-13H2,1H3,(H,22,28)/t20-/m0/s1. The minimum atomic E-state index is -0.361. The second-order valence-electron chi connectivity index (χ2n) is 6.82. The Balaban J connectivity index is 1.72. The Morgan fingerprint density at radius 1 is 1.14 bits per heavy atom. The monoisotopic (exact) mass is 392 g/mol. The number of hydrogen-bond acceptors (Lipinski definition) is 3. The van der Waals surface area contributed by atoms with E-state index in [1.54, 1.807) is 12.1 Å². The summed E-state index contributed by atoms with van der Waals surface area (Å²) in [5.41, 5.74) is 4.07. The van der Waals surface area contributed by atoms with Crippen molar-refractivity contribution in [2.24, 2.45) is 0 Å². The molecule has 1 aliphatic heterocycles. The van der Waals surface area contributed by atoms with Crippen molar-refractivity contribution < 1.29 is 4.92 Å². The Bertz CT molecular complexity index is 1050. The number of aromatic nitrogens is 1. The Labute approximate surface area is 168 Å². The third kappa shape index (κ3) is 3.36. The predicted molar refractivity (Wildman–Crippen MR) is 113 cm³/mol. The summed E-state index contributed by atoms with van der Waals surface area (Å²) < 4.78 is 2.18. The lowest BCUT2D eigenvalue weighted by Gasteiger charge is -2.39. The number of nitro benzene ring substituents is 1. The largest absolute Gasteiger partial charge is 0.348 e. The average Bonchev–Trinajstić information content (AvgIpc) is 3.17. The molecule has 4 rings (SSSR count). The van der Waals surface area contributed by atoms with Crippen molar-refractivity contribution in [1.82, 2.24) is 9.47 Å². The molecule has 7 heteroatoms. The van der Waals surface area contributed by atoms with Gasteiger partial charge in [-0.3, -0.25) is 10.1 Å². The fourth-order valence-electron chi connectivity index (χ4n) is 3.66. The highest BCUT2D eigenvalue weighted by Crippen LogP contribution is 2.34. The zero-order valence-electron chi connectivity index (χ0n) is 15.4. The number of hydrogen-bond donors (Lipinski definition) is 1. The molecule has 0 aliphatic carbocycles. The van der Waals surface area contributed by atoms with Crippen molar-refractivity contribution in [2.45, 2.75) is 19.5 Å². The van der Waals surface area contributed by atoms with E-state index in [0.717, 1.165) is 29.1 Å². The lowest BCUT2D eigenvalue weighted by atomic mass is 10.00. The third-order valence-electron chi connectivity index (χ3n) is 5.08. The van der Waals surface area contributed by atoms with Gasteiger partial charge in [-0.05, 0) is 48.5 Å². The van der Waals surface area contributed by atoms with Crippen LogP contribution in [0.15, 0.2) is 66.9 Å². The van der Waals surface area contributed by atoms with E-state index < -0.39 is 0 Å². The summed E-state index contributed by atoms with van der Waals surface area (Å²) >= 11 is 5.75. The summed E-state index contributed by atoms with van der Waals surface area (Å²) in [5, 5.41) is 15.2. The molecule has 0 spiro atoms. The van der Waals surface area contributed by atoms with Crippen molar-refractivity contribution >= 4 is 28.7 Å². The minimum Gasteiger partial charge on any atom is -0.348 e. The molecule has 2 heterocycles. The number of para-hydroxylation sites is 1. The zero-order chi connectivity index (χ0) is 19.7. The van der Waals surface area contributed by atoms with E-state index in [-0.39, 0.29) is 16.7 Å². The van der Waals surface area contributed by atoms with Gasteiger partial charge in [0.1, 0.15) is 0 Å². The van der Waals surface area contributed by atoms with Crippen molar-refractivity contribution in [1.29, 1.82) is 0 Å². The zero-order valence-corrected chi connectivity index (χ0v) is 16.2. The normalized spacial score (nSPS) is 15.8. The molecule has 0 radical (unpaired) electrons. The third-order valence-corrected chi connectivity index (χ3v) is 5.42. The molecule has 0 fully saturated rings. The van der Waals surface area contributed by atoms with Gasteiger partial charge in [-0.1, -0.05) is 30.3 Å². The number of nitrogens with zero attached hydrogens (tertiary/aromatic N) is 3. The van der Waals surface area contributed by atoms with Crippen LogP contribution in [-0.4, -0.2) is 26.0 Å². The first-order chi connectivity index (χ1) is 13.5. The van der Waals surface area contributed by atoms with E-state index in [0.29, 0.717) is 11.7 Å². The second kappa shape index (κ2) is 7.44. The molecule has 0 saturated heterocycles. The van der Waals surface area contributed by atoms with Crippen molar-refractivity contribution in [3.05, 3.63) is 93.8 Å². The average molecular weight is 392 g/mol. The summed E-state index contributed by atoms with van der Waals surface area (Å²) in [5.74, 6) is 0. The highest BCUT2D eigenvalue weighted by molar-refractivity contribution is 7.80. The predicted octanol–water partition coefficient (Wildman–Crippen LogP) is 4.51. The fraction of sp³-hybridized carbons (Fsp3) is 0.190. The topological polar surface area (TPSA) is 63.3 Å². The molecule has 1 aliphatic rings. The number of fused-ring (bicyclic) bond motifs is 1. The highest BCUT2D eigenvalue weighted by Gasteiger charge is 2.31. The van der Waals surface area contributed by atoms with E-state index in [1.165, 1.54) is 6.07 Å². The maximum atomic E-state index is 11.3. The number of rotatable bonds is 3. The molecule has 28 heavy (non-hydrogen) atoms. The Morgan fingerprint density at radius 3 is 2.75 bits per heavy atom. The van der Waals surface area contributed by atoms with Crippen LogP contribution >= 0.6 is 12.2 Å². The van der Waals surface area contributed by atoms with Gasteiger partial charge >= 0.3 is 0 Å². The van der Waals surface area contributed by atoms with E-state index in [2.05, 4.69) is 14.8 Å². The summed E-state index contributed by atoms with van der Waals surface area (Å²) in [7, 11) is 0. The molecule has 3 aromatic rings. The number of non-ortho nitro benzene ring substituents is 1. The van der Waals surface area contributed by atoms with E-state index >= 15 is 0 Å². The minimum absolute atomic E-state index is 0.0823. The van der Waals surface area contributed by atoms with Crippen molar-refractivity contribution in [2.75, 3.05) is 11.9 Å². The van der Waals surface area contributed by atoms with Gasteiger partial charge in [-0.25, -0.2) is 0 Å². The molecule has 0 saturated carbocycles. The van der Waals surface area contributed by atoms with Gasteiger partial charge in [0.2, 0.25) is 0 Å². The van der Waals surface area contributed by atoms with Crippen LogP contribution in [-0.2, 0) is 6.54 Å². The lowest BCUT2D eigenvalue weighted by molar-refractivity contribution is -0.384. The van der Waals surface area contributed by atoms with Crippen LogP contribution in [0.5, 0.6) is 0 Å². The van der Waals surface area contributed by atoms with Gasteiger partial charge in [-0.15, -0.1) is 0 Å². The number of nitrogens with one attached hydrogen (secondary N) is 1. The molecule has 0 amide bonds. The molecule has 1 atom stereocenters. The summed E-state index contributed by atoms with van der Waals surface area (Å²) in [6.07, 6.45) is 2.04. The Hall–Kier alpha value is -3.19. The molecule has 6 nitrogen and oxygen atoms in total. The number of anilines is 1. The quantitative estimate of drug-likeness (QED) is 0.404. The van der Waals surface area contributed by atoms with Crippen LogP contribution in [0.25, 0.3) is 0 Å². The maximum Gasteiger partial charge on any atom is 0.269 e. The first kappa shape index (κ1) is 18.2. The van der Waals surface area contributed by atoms with Crippen LogP contribution in [0, 0.1) is 17.0 Å².